The monoisotopic (exact) mass is 216 g/mol. The summed E-state index contributed by atoms with van der Waals surface area (Å²) in [5, 5.41) is 19.8. The van der Waals surface area contributed by atoms with Crippen LogP contribution in [0.2, 0.25) is 0 Å². The van der Waals surface area contributed by atoms with Gasteiger partial charge in [0.05, 0.1) is 18.3 Å². The van der Waals surface area contributed by atoms with E-state index in [1.165, 1.54) is 0 Å². The molecule has 0 aromatic rings. The zero-order chi connectivity index (χ0) is 11.1. The van der Waals surface area contributed by atoms with Crippen molar-refractivity contribution >= 4 is 0 Å². The molecule has 2 aliphatic heterocycles. The van der Waals surface area contributed by atoms with E-state index in [4.69, 9.17) is 9.47 Å². The molecule has 0 aromatic heterocycles. The van der Waals surface area contributed by atoms with E-state index in [-0.39, 0.29) is 0 Å². The summed E-state index contributed by atoms with van der Waals surface area (Å²) in [5.74, 6) is -0.973. The first-order valence-corrected chi connectivity index (χ1v) is 5.65. The van der Waals surface area contributed by atoms with E-state index in [1.54, 1.807) is 0 Å². The molecule has 2 rings (SSSR count). The van der Waals surface area contributed by atoms with Gasteiger partial charge in [-0.15, -0.1) is 0 Å². The largest absolute Gasteiger partial charge is 0.390 e. The third-order valence-corrected chi connectivity index (χ3v) is 3.23. The van der Waals surface area contributed by atoms with Crippen LogP contribution in [-0.4, -0.2) is 40.4 Å². The summed E-state index contributed by atoms with van der Waals surface area (Å²) in [6.45, 7) is 4.43. The van der Waals surface area contributed by atoms with Gasteiger partial charge in [0.15, 0.2) is 5.79 Å². The molecular weight excluding hydrogens is 196 g/mol. The van der Waals surface area contributed by atoms with Gasteiger partial charge in [0.2, 0.25) is 0 Å². The minimum absolute atomic E-state index is 0.435. The van der Waals surface area contributed by atoms with Gasteiger partial charge >= 0.3 is 0 Å². The molecule has 0 aromatic carbocycles. The molecule has 4 nitrogen and oxygen atoms in total. The molecule has 4 heteroatoms. The lowest BCUT2D eigenvalue weighted by atomic mass is 9.85. The fraction of sp³-hybridized carbons (Fsp3) is 1.00. The van der Waals surface area contributed by atoms with Gasteiger partial charge in [-0.25, -0.2) is 0 Å². The molecule has 0 amide bonds. The summed E-state index contributed by atoms with van der Waals surface area (Å²) in [6, 6.07) is 0. The zero-order valence-corrected chi connectivity index (χ0v) is 9.40. The number of aliphatic hydroxyl groups is 2. The van der Waals surface area contributed by atoms with Crippen LogP contribution >= 0.6 is 0 Å². The molecule has 3 atom stereocenters. The van der Waals surface area contributed by atoms with Crippen LogP contribution < -0.4 is 0 Å². The second kappa shape index (κ2) is 3.70. The Kier molecular flexibility index (Phi) is 2.79. The van der Waals surface area contributed by atoms with Gasteiger partial charge < -0.3 is 19.7 Å². The number of ether oxygens (including phenoxy) is 2. The normalized spacial score (nSPS) is 45.6. The highest BCUT2D eigenvalue weighted by atomic mass is 16.7. The topological polar surface area (TPSA) is 58.9 Å². The Bertz CT molecular complexity index is 233. The quantitative estimate of drug-likeness (QED) is 0.629. The zero-order valence-electron chi connectivity index (χ0n) is 9.40. The van der Waals surface area contributed by atoms with Crippen LogP contribution in [0.1, 0.15) is 39.5 Å². The van der Waals surface area contributed by atoms with Gasteiger partial charge in [0.25, 0.3) is 0 Å². The summed E-state index contributed by atoms with van der Waals surface area (Å²) in [6.07, 6.45) is 1.39. The Morgan fingerprint density at radius 1 is 1.20 bits per heavy atom. The average Bonchev–Trinajstić information content (AvgIpc) is 2.14. The number of aliphatic hydroxyl groups excluding tert-OH is 2. The van der Waals surface area contributed by atoms with Crippen molar-refractivity contribution in [2.45, 2.75) is 63.1 Å². The number of hydrogen-bond acceptors (Lipinski definition) is 4. The molecular formula is C11H20O4. The SMILES string of the molecule is CC1(C)C[C@@H](O)[C@@H](O)[C@@]2(CCCCO2)O1. The first-order chi connectivity index (χ1) is 6.95. The van der Waals surface area contributed by atoms with Crippen molar-refractivity contribution in [2.75, 3.05) is 6.61 Å². The lowest BCUT2D eigenvalue weighted by Gasteiger charge is -2.51. The minimum Gasteiger partial charge on any atom is -0.390 e. The van der Waals surface area contributed by atoms with E-state index in [0.29, 0.717) is 19.4 Å². The summed E-state index contributed by atoms with van der Waals surface area (Å²) in [4.78, 5) is 0. The summed E-state index contributed by atoms with van der Waals surface area (Å²) in [5.41, 5.74) is -0.435. The second-order valence-corrected chi connectivity index (χ2v) is 5.20. The average molecular weight is 216 g/mol. The van der Waals surface area contributed by atoms with E-state index >= 15 is 0 Å². The van der Waals surface area contributed by atoms with E-state index in [2.05, 4.69) is 0 Å². The molecule has 2 N–H and O–H groups in total. The van der Waals surface area contributed by atoms with Gasteiger partial charge in [0.1, 0.15) is 6.10 Å². The molecule has 0 unspecified atom stereocenters. The molecule has 88 valence electrons. The predicted octanol–water partition coefficient (Wildman–Crippen LogP) is 0.804. The van der Waals surface area contributed by atoms with Crippen LogP contribution in [0, 0.1) is 0 Å². The molecule has 0 saturated carbocycles. The smallest absolute Gasteiger partial charge is 0.197 e. The summed E-state index contributed by atoms with van der Waals surface area (Å²) < 4.78 is 11.4. The molecule has 15 heavy (non-hydrogen) atoms. The molecule has 0 aliphatic carbocycles. The highest BCUT2D eigenvalue weighted by molar-refractivity contribution is 4.96. The van der Waals surface area contributed by atoms with Crippen LogP contribution in [0.25, 0.3) is 0 Å². The van der Waals surface area contributed by atoms with Gasteiger partial charge in [-0.3, -0.25) is 0 Å². The molecule has 1 spiro atoms. The Morgan fingerprint density at radius 3 is 2.53 bits per heavy atom. The standard InChI is InChI=1S/C11H20O4/c1-10(2)7-8(12)9(13)11(15-10)5-3-4-6-14-11/h8-9,12-13H,3-7H2,1-2H3/t8-,9-,11-/m1/s1. The first-order valence-electron chi connectivity index (χ1n) is 5.65. The lowest BCUT2D eigenvalue weighted by molar-refractivity contribution is -0.370. The second-order valence-electron chi connectivity index (χ2n) is 5.20. The molecule has 0 bridgehead atoms. The highest BCUT2D eigenvalue weighted by Crippen LogP contribution is 2.41. The fourth-order valence-electron chi connectivity index (χ4n) is 2.58. The van der Waals surface area contributed by atoms with E-state index < -0.39 is 23.6 Å². The van der Waals surface area contributed by atoms with E-state index in [1.807, 2.05) is 13.8 Å². The molecule has 2 aliphatic rings. The maximum atomic E-state index is 9.99. The Labute approximate surface area is 90.2 Å². The third-order valence-electron chi connectivity index (χ3n) is 3.23. The Balaban J connectivity index is 2.20. The fourth-order valence-corrected chi connectivity index (χ4v) is 2.58. The van der Waals surface area contributed by atoms with Crippen molar-refractivity contribution in [1.82, 2.24) is 0 Å². The van der Waals surface area contributed by atoms with Crippen molar-refractivity contribution in [3.8, 4) is 0 Å². The molecule has 2 saturated heterocycles. The summed E-state index contributed by atoms with van der Waals surface area (Å²) in [7, 11) is 0. The van der Waals surface area contributed by atoms with Crippen molar-refractivity contribution in [3.05, 3.63) is 0 Å². The Morgan fingerprint density at radius 2 is 1.93 bits per heavy atom. The van der Waals surface area contributed by atoms with E-state index in [9.17, 15) is 10.2 Å². The maximum Gasteiger partial charge on any atom is 0.197 e. The van der Waals surface area contributed by atoms with Gasteiger partial charge in [-0.1, -0.05) is 0 Å². The van der Waals surface area contributed by atoms with Crippen LogP contribution in [-0.2, 0) is 9.47 Å². The number of rotatable bonds is 0. The van der Waals surface area contributed by atoms with Crippen LogP contribution in [0.15, 0.2) is 0 Å². The van der Waals surface area contributed by atoms with E-state index in [0.717, 1.165) is 12.8 Å². The molecule has 2 fully saturated rings. The van der Waals surface area contributed by atoms with Crippen molar-refractivity contribution in [3.63, 3.8) is 0 Å². The van der Waals surface area contributed by atoms with Crippen molar-refractivity contribution in [1.29, 1.82) is 0 Å². The van der Waals surface area contributed by atoms with Gasteiger partial charge in [-0.2, -0.15) is 0 Å². The Hall–Kier alpha value is -0.160. The molecule has 0 radical (unpaired) electrons. The highest BCUT2D eigenvalue weighted by Gasteiger charge is 2.53. The van der Waals surface area contributed by atoms with Crippen LogP contribution in [0.5, 0.6) is 0 Å². The maximum absolute atomic E-state index is 9.99. The van der Waals surface area contributed by atoms with Crippen LogP contribution in [0.4, 0.5) is 0 Å². The van der Waals surface area contributed by atoms with Crippen LogP contribution in [0.3, 0.4) is 0 Å². The van der Waals surface area contributed by atoms with Gasteiger partial charge in [0, 0.05) is 12.8 Å². The number of hydrogen-bond donors (Lipinski definition) is 2. The predicted molar refractivity (Wildman–Crippen MR) is 54.3 cm³/mol. The van der Waals surface area contributed by atoms with Gasteiger partial charge in [-0.05, 0) is 26.7 Å². The van der Waals surface area contributed by atoms with Crippen molar-refractivity contribution in [2.24, 2.45) is 0 Å². The molecule has 2 heterocycles. The third kappa shape index (κ3) is 2.04. The first kappa shape index (κ1) is 11.3. The lowest BCUT2D eigenvalue weighted by Crippen LogP contribution is -2.63. The minimum atomic E-state index is -0.973. The summed E-state index contributed by atoms with van der Waals surface area (Å²) >= 11 is 0. The van der Waals surface area contributed by atoms with Crippen molar-refractivity contribution < 1.29 is 19.7 Å².